The van der Waals surface area contributed by atoms with Gasteiger partial charge in [-0.05, 0) is 20.8 Å². The van der Waals surface area contributed by atoms with Crippen molar-refractivity contribution >= 4 is 11.8 Å². The molecule has 0 spiro atoms. The summed E-state index contributed by atoms with van der Waals surface area (Å²) in [5.74, 6) is -0.0981. The van der Waals surface area contributed by atoms with Gasteiger partial charge >= 0.3 is 0 Å². The van der Waals surface area contributed by atoms with Crippen molar-refractivity contribution in [3.05, 3.63) is 0 Å². The summed E-state index contributed by atoms with van der Waals surface area (Å²) in [6.45, 7) is 8.13. The van der Waals surface area contributed by atoms with E-state index in [2.05, 4.69) is 0 Å². The molecule has 0 aromatic carbocycles. The molecule has 6 heteroatoms. The normalized spacial score (nSPS) is 31.6. The van der Waals surface area contributed by atoms with Crippen LogP contribution >= 0.6 is 0 Å². The Morgan fingerprint density at radius 1 is 1.33 bits per heavy atom. The number of carbonyl (C=O) groups is 2. The van der Waals surface area contributed by atoms with E-state index in [1.165, 1.54) is 0 Å². The van der Waals surface area contributed by atoms with E-state index < -0.39 is 0 Å². The second-order valence-corrected chi connectivity index (χ2v) is 6.25. The number of hydrogen-bond acceptors (Lipinski definition) is 4. The molecule has 2 aliphatic rings. The van der Waals surface area contributed by atoms with E-state index in [-0.39, 0.29) is 36.0 Å². The fourth-order valence-corrected chi connectivity index (χ4v) is 3.27. The molecule has 0 unspecified atom stereocenters. The first-order chi connectivity index (χ1) is 9.92. The zero-order valence-electron chi connectivity index (χ0n) is 13.4. The fourth-order valence-electron chi connectivity index (χ4n) is 3.27. The van der Waals surface area contributed by atoms with Crippen LogP contribution in [0.4, 0.5) is 0 Å². The minimum absolute atomic E-state index is 0.0165. The van der Waals surface area contributed by atoms with Gasteiger partial charge in [0.15, 0.2) is 0 Å². The molecule has 2 rings (SSSR count). The highest BCUT2D eigenvalue weighted by Gasteiger charge is 2.39. The number of morpholine rings is 1. The molecule has 0 aliphatic carbocycles. The van der Waals surface area contributed by atoms with E-state index >= 15 is 0 Å². The van der Waals surface area contributed by atoms with Crippen LogP contribution < -0.4 is 0 Å². The van der Waals surface area contributed by atoms with E-state index in [4.69, 9.17) is 9.47 Å². The topological polar surface area (TPSA) is 59.1 Å². The van der Waals surface area contributed by atoms with Crippen LogP contribution in [0.3, 0.4) is 0 Å². The number of methoxy groups -OCH3 is 1. The maximum absolute atomic E-state index is 12.6. The van der Waals surface area contributed by atoms with Gasteiger partial charge in [0.25, 0.3) is 0 Å². The fraction of sp³-hybridized carbons (Fsp3) is 0.867. The average molecular weight is 298 g/mol. The molecule has 21 heavy (non-hydrogen) atoms. The Morgan fingerprint density at radius 2 is 1.95 bits per heavy atom. The lowest BCUT2D eigenvalue weighted by Gasteiger charge is -2.36. The quantitative estimate of drug-likeness (QED) is 0.758. The second-order valence-electron chi connectivity index (χ2n) is 6.25. The van der Waals surface area contributed by atoms with Gasteiger partial charge in [0.1, 0.15) is 0 Å². The molecule has 2 amide bonds. The van der Waals surface area contributed by atoms with Crippen molar-refractivity contribution in [2.75, 3.05) is 33.4 Å². The standard InChI is InChI=1S/C15H26N2O4/c1-10(9-20-4)17-8-13(5-14(17)18)15(19)16-6-11(2)21-12(3)7-16/h10-13H,5-9H2,1-4H3/t10-,11-,12+,13+/m0/s1. The van der Waals surface area contributed by atoms with Gasteiger partial charge in [0, 0.05) is 33.2 Å². The number of ether oxygens (including phenoxy) is 2. The van der Waals surface area contributed by atoms with E-state index in [0.717, 1.165) is 0 Å². The van der Waals surface area contributed by atoms with E-state index in [0.29, 0.717) is 32.7 Å². The van der Waals surface area contributed by atoms with Crippen molar-refractivity contribution in [2.24, 2.45) is 5.92 Å². The lowest BCUT2D eigenvalue weighted by molar-refractivity contribution is -0.147. The first-order valence-electron chi connectivity index (χ1n) is 7.65. The van der Waals surface area contributed by atoms with Crippen LogP contribution in [-0.2, 0) is 19.1 Å². The zero-order chi connectivity index (χ0) is 15.6. The molecule has 0 saturated carbocycles. The Bertz CT molecular complexity index is 391. The highest BCUT2D eigenvalue weighted by molar-refractivity contribution is 5.89. The zero-order valence-corrected chi connectivity index (χ0v) is 13.4. The predicted molar refractivity (Wildman–Crippen MR) is 77.7 cm³/mol. The molecule has 0 N–H and O–H groups in total. The summed E-state index contributed by atoms with van der Waals surface area (Å²) < 4.78 is 10.8. The molecule has 0 bridgehead atoms. The summed E-state index contributed by atoms with van der Waals surface area (Å²) in [5.41, 5.74) is 0. The Kier molecular flexibility index (Phi) is 5.22. The van der Waals surface area contributed by atoms with Crippen LogP contribution in [0, 0.1) is 5.92 Å². The summed E-state index contributed by atoms with van der Waals surface area (Å²) in [7, 11) is 1.62. The summed E-state index contributed by atoms with van der Waals surface area (Å²) in [6, 6.07) is 0.0165. The van der Waals surface area contributed by atoms with Crippen LogP contribution in [0.2, 0.25) is 0 Å². The lowest BCUT2D eigenvalue weighted by Crippen LogP contribution is -2.50. The monoisotopic (exact) mass is 298 g/mol. The molecule has 6 nitrogen and oxygen atoms in total. The van der Waals surface area contributed by atoms with Gasteiger partial charge in [0.2, 0.25) is 11.8 Å². The molecule has 120 valence electrons. The average Bonchev–Trinajstić information content (AvgIpc) is 2.79. The molecular weight excluding hydrogens is 272 g/mol. The molecule has 2 saturated heterocycles. The number of carbonyl (C=O) groups excluding carboxylic acids is 2. The summed E-state index contributed by atoms with van der Waals surface area (Å²) in [6.07, 6.45) is 0.421. The number of rotatable bonds is 4. The third kappa shape index (κ3) is 3.74. The summed E-state index contributed by atoms with van der Waals surface area (Å²) in [5, 5.41) is 0. The SMILES string of the molecule is COC[C@H](C)N1C[C@H](C(=O)N2C[C@@H](C)O[C@@H](C)C2)CC1=O. The number of likely N-dealkylation sites (tertiary alicyclic amines) is 1. The van der Waals surface area contributed by atoms with Gasteiger partial charge in [-0.2, -0.15) is 0 Å². The molecule has 2 fully saturated rings. The van der Waals surface area contributed by atoms with Gasteiger partial charge in [0.05, 0.1) is 30.8 Å². The Labute approximate surface area is 126 Å². The largest absolute Gasteiger partial charge is 0.383 e. The van der Waals surface area contributed by atoms with Gasteiger partial charge in [-0.25, -0.2) is 0 Å². The maximum Gasteiger partial charge on any atom is 0.228 e. The third-order valence-corrected chi connectivity index (χ3v) is 4.18. The molecule has 0 radical (unpaired) electrons. The van der Waals surface area contributed by atoms with Crippen LogP contribution in [0.25, 0.3) is 0 Å². The van der Waals surface area contributed by atoms with Crippen molar-refractivity contribution in [3.8, 4) is 0 Å². The first-order valence-corrected chi connectivity index (χ1v) is 7.65. The maximum atomic E-state index is 12.6. The number of amides is 2. The van der Waals surface area contributed by atoms with Crippen molar-refractivity contribution in [3.63, 3.8) is 0 Å². The third-order valence-electron chi connectivity index (χ3n) is 4.18. The van der Waals surface area contributed by atoms with E-state index in [9.17, 15) is 9.59 Å². The number of nitrogens with zero attached hydrogens (tertiary/aromatic N) is 2. The first kappa shape index (κ1) is 16.2. The van der Waals surface area contributed by atoms with Gasteiger partial charge < -0.3 is 19.3 Å². The van der Waals surface area contributed by atoms with Crippen LogP contribution in [-0.4, -0.2) is 73.2 Å². The van der Waals surface area contributed by atoms with Crippen molar-refractivity contribution in [1.82, 2.24) is 9.80 Å². The van der Waals surface area contributed by atoms with Crippen molar-refractivity contribution < 1.29 is 19.1 Å². The molecular formula is C15H26N2O4. The minimum Gasteiger partial charge on any atom is -0.383 e. The highest BCUT2D eigenvalue weighted by Crippen LogP contribution is 2.24. The second kappa shape index (κ2) is 6.75. The lowest BCUT2D eigenvalue weighted by atomic mass is 10.1. The van der Waals surface area contributed by atoms with Crippen LogP contribution in [0.5, 0.6) is 0 Å². The van der Waals surface area contributed by atoms with Crippen LogP contribution in [0.1, 0.15) is 27.2 Å². The van der Waals surface area contributed by atoms with Crippen molar-refractivity contribution in [2.45, 2.75) is 45.4 Å². The van der Waals surface area contributed by atoms with Crippen LogP contribution in [0.15, 0.2) is 0 Å². The number of hydrogen-bond donors (Lipinski definition) is 0. The predicted octanol–water partition coefficient (Wildman–Crippen LogP) is 0.506. The summed E-state index contributed by atoms with van der Waals surface area (Å²) in [4.78, 5) is 28.3. The minimum atomic E-state index is -0.227. The smallest absolute Gasteiger partial charge is 0.228 e. The summed E-state index contributed by atoms with van der Waals surface area (Å²) >= 11 is 0. The van der Waals surface area contributed by atoms with E-state index in [1.54, 1.807) is 12.0 Å². The van der Waals surface area contributed by atoms with Crippen molar-refractivity contribution in [1.29, 1.82) is 0 Å². The molecule has 2 aliphatic heterocycles. The van der Waals surface area contributed by atoms with Gasteiger partial charge in [-0.15, -0.1) is 0 Å². The molecule has 0 aromatic rings. The van der Waals surface area contributed by atoms with Gasteiger partial charge in [-0.1, -0.05) is 0 Å². The Balaban J connectivity index is 1.96. The molecule has 0 aromatic heterocycles. The Morgan fingerprint density at radius 3 is 2.52 bits per heavy atom. The highest BCUT2D eigenvalue weighted by atomic mass is 16.5. The van der Waals surface area contributed by atoms with Gasteiger partial charge in [-0.3, -0.25) is 9.59 Å². The van der Waals surface area contributed by atoms with E-state index in [1.807, 2.05) is 25.7 Å². The molecule has 4 atom stereocenters. The molecule has 2 heterocycles. The Hall–Kier alpha value is -1.14.